The lowest BCUT2D eigenvalue weighted by Gasteiger charge is -2.33. The minimum atomic E-state index is -2.60. The highest BCUT2D eigenvalue weighted by Crippen LogP contribution is 2.51. The van der Waals surface area contributed by atoms with Crippen LogP contribution in [-0.4, -0.2) is 9.79 Å². The van der Waals surface area contributed by atoms with Gasteiger partial charge >= 0.3 is 8.60 Å². The number of hydrogen-bond acceptors (Lipinski definition) is 3. The second-order valence-electron chi connectivity index (χ2n) is 13.4. The molecule has 3 nitrogen and oxygen atoms in total. The SMILES string of the molecule is Cc1cccc(-c2cc(OP(O)O)c(-c3cccc(C)c3C(C)(C)C)c(C)c2C(C)(C)C)c1C(C)(C)C. The molecule has 37 heavy (non-hydrogen) atoms. The molecule has 0 saturated carbocycles. The molecule has 0 amide bonds. The molecule has 3 aromatic carbocycles. The van der Waals surface area contributed by atoms with Crippen LogP contribution in [0.15, 0.2) is 42.5 Å². The summed E-state index contributed by atoms with van der Waals surface area (Å²) in [5, 5.41) is 0. The fourth-order valence-corrected chi connectivity index (χ4v) is 6.54. The fraction of sp³-hybridized carbons (Fsp3) is 0.455. The van der Waals surface area contributed by atoms with Crippen LogP contribution in [0.1, 0.15) is 95.7 Å². The van der Waals surface area contributed by atoms with Crippen molar-refractivity contribution >= 4 is 8.60 Å². The topological polar surface area (TPSA) is 49.7 Å². The zero-order valence-corrected chi connectivity index (χ0v) is 25.7. The maximum Gasteiger partial charge on any atom is 0.391 e. The monoisotopic (exact) mass is 520 g/mol. The Kier molecular flexibility index (Phi) is 8.08. The average molecular weight is 521 g/mol. The summed E-state index contributed by atoms with van der Waals surface area (Å²) in [7, 11) is -2.60. The zero-order valence-electron chi connectivity index (χ0n) is 24.8. The first-order valence-electron chi connectivity index (χ1n) is 13.1. The van der Waals surface area contributed by atoms with E-state index in [9.17, 15) is 9.79 Å². The van der Waals surface area contributed by atoms with E-state index in [1.54, 1.807) is 0 Å². The van der Waals surface area contributed by atoms with Crippen molar-refractivity contribution in [2.24, 2.45) is 0 Å². The van der Waals surface area contributed by atoms with Crippen LogP contribution in [-0.2, 0) is 16.2 Å². The first-order chi connectivity index (χ1) is 16.9. The predicted molar refractivity (Wildman–Crippen MR) is 160 cm³/mol. The zero-order chi connectivity index (χ0) is 28.1. The van der Waals surface area contributed by atoms with Gasteiger partial charge in [-0.1, -0.05) is 98.7 Å². The molecule has 0 aromatic heterocycles. The summed E-state index contributed by atoms with van der Waals surface area (Å²) >= 11 is 0. The Morgan fingerprint density at radius 2 is 1.03 bits per heavy atom. The van der Waals surface area contributed by atoms with E-state index in [0.717, 1.165) is 27.8 Å². The first-order valence-corrected chi connectivity index (χ1v) is 14.3. The van der Waals surface area contributed by atoms with E-state index in [2.05, 4.69) is 119 Å². The summed E-state index contributed by atoms with van der Waals surface area (Å²) < 4.78 is 5.85. The van der Waals surface area contributed by atoms with Crippen LogP contribution in [0.2, 0.25) is 0 Å². The van der Waals surface area contributed by atoms with Crippen LogP contribution in [0, 0.1) is 20.8 Å². The van der Waals surface area contributed by atoms with Gasteiger partial charge in [0.15, 0.2) is 0 Å². The third-order valence-electron chi connectivity index (χ3n) is 7.08. The number of benzene rings is 3. The smallest absolute Gasteiger partial charge is 0.391 e. The van der Waals surface area contributed by atoms with Gasteiger partial charge < -0.3 is 14.3 Å². The summed E-state index contributed by atoms with van der Waals surface area (Å²) in [5.41, 5.74) is 11.2. The average Bonchev–Trinajstić information content (AvgIpc) is 2.69. The van der Waals surface area contributed by atoms with E-state index in [1.165, 1.54) is 27.8 Å². The molecular weight excluding hydrogens is 475 g/mol. The van der Waals surface area contributed by atoms with E-state index in [1.807, 2.05) is 6.07 Å². The highest BCUT2D eigenvalue weighted by molar-refractivity contribution is 7.39. The summed E-state index contributed by atoms with van der Waals surface area (Å²) in [6.45, 7) is 26.6. The molecule has 2 N–H and O–H groups in total. The van der Waals surface area contributed by atoms with E-state index >= 15 is 0 Å². The third-order valence-corrected chi connectivity index (χ3v) is 7.44. The molecule has 0 atom stereocenters. The van der Waals surface area contributed by atoms with Gasteiger partial charge in [0.1, 0.15) is 5.75 Å². The second kappa shape index (κ2) is 10.2. The Balaban J connectivity index is 2.59. The van der Waals surface area contributed by atoms with Gasteiger partial charge in [-0.2, -0.15) is 0 Å². The molecule has 0 aliphatic rings. The van der Waals surface area contributed by atoms with Gasteiger partial charge in [-0.05, 0) is 93.2 Å². The number of aryl methyl sites for hydroxylation is 2. The standard InChI is InChI=1S/C33H45O3P/c1-20-15-13-17-23(28(20)31(4,5)6)25-19-26(36-37(34)35)27(22(3)30(25)33(10,11)12)24-18-14-16-21(2)29(24)32(7,8)9/h13-19,34-35H,1-12H3. The van der Waals surface area contributed by atoms with Crippen LogP contribution >= 0.6 is 8.60 Å². The minimum absolute atomic E-state index is 0.0695. The molecule has 0 bridgehead atoms. The Morgan fingerprint density at radius 3 is 1.46 bits per heavy atom. The predicted octanol–water partition coefficient (Wildman–Crippen LogP) is 9.43. The summed E-state index contributed by atoms with van der Waals surface area (Å²) in [5.74, 6) is 0.508. The summed E-state index contributed by atoms with van der Waals surface area (Å²) in [4.78, 5) is 20.1. The molecule has 0 unspecified atom stereocenters. The molecule has 0 radical (unpaired) electrons. The minimum Gasteiger partial charge on any atom is -0.426 e. The maximum absolute atomic E-state index is 10.1. The lowest BCUT2D eigenvalue weighted by molar-refractivity contribution is 0.375. The Morgan fingerprint density at radius 1 is 0.595 bits per heavy atom. The largest absolute Gasteiger partial charge is 0.426 e. The normalized spacial score (nSPS) is 12.8. The molecule has 0 fully saturated rings. The lowest BCUT2D eigenvalue weighted by atomic mass is 9.72. The Labute approximate surface area is 225 Å². The van der Waals surface area contributed by atoms with Crippen LogP contribution in [0.4, 0.5) is 0 Å². The van der Waals surface area contributed by atoms with Gasteiger partial charge in [-0.3, -0.25) is 0 Å². The van der Waals surface area contributed by atoms with Gasteiger partial charge in [0.25, 0.3) is 0 Å². The molecule has 0 aliphatic carbocycles. The van der Waals surface area contributed by atoms with Crippen molar-refractivity contribution in [3.05, 3.63) is 75.8 Å². The molecular formula is C33H45O3P. The van der Waals surface area contributed by atoms with Crippen molar-refractivity contribution in [3.8, 4) is 28.0 Å². The van der Waals surface area contributed by atoms with Gasteiger partial charge in [-0.25, -0.2) is 0 Å². The van der Waals surface area contributed by atoms with Crippen molar-refractivity contribution in [2.45, 2.75) is 99.3 Å². The Hall–Kier alpha value is -2.19. The van der Waals surface area contributed by atoms with Crippen LogP contribution in [0.5, 0.6) is 5.75 Å². The van der Waals surface area contributed by atoms with Crippen molar-refractivity contribution in [2.75, 3.05) is 0 Å². The molecule has 0 heterocycles. The van der Waals surface area contributed by atoms with Crippen LogP contribution < -0.4 is 4.52 Å². The quantitative estimate of drug-likeness (QED) is 0.337. The first kappa shape index (κ1) is 29.4. The molecule has 0 aliphatic heterocycles. The van der Waals surface area contributed by atoms with Crippen molar-refractivity contribution in [1.29, 1.82) is 0 Å². The van der Waals surface area contributed by atoms with Gasteiger partial charge in [0.2, 0.25) is 0 Å². The van der Waals surface area contributed by atoms with Crippen LogP contribution in [0.3, 0.4) is 0 Å². The molecule has 0 saturated heterocycles. The lowest BCUT2D eigenvalue weighted by Crippen LogP contribution is -2.20. The highest BCUT2D eigenvalue weighted by Gasteiger charge is 2.32. The van der Waals surface area contributed by atoms with Gasteiger partial charge in [-0.15, -0.1) is 0 Å². The summed E-state index contributed by atoms with van der Waals surface area (Å²) in [6.07, 6.45) is 0. The van der Waals surface area contributed by atoms with E-state index in [-0.39, 0.29) is 16.2 Å². The second-order valence-corrected chi connectivity index (χ2v) is 14.1. The molecule has 3 rings (SSSR count). The van der Waals surface area contributed by atoms with Gasteiger partial charge in [0.05, 0.1) is 0 Å². The molecule has 200 valence electrons. The maximum atomic E-state index is 10.1. The summed E-state index contributed by atoms with van der Waals surface area (Å²) in [6, 6.07) is 14.9. The van der Waals surface area contributed by atoms with Crippen molar-refractivity contribution in [3.63, 3.8) is 0 Å². The van der Waals surface area contributed by atoms with Crippen molar-refractivity contribution < 1.29 is 14.3 Å². The number of rotatable bonds is 4. The Bertz CT molecular complexity index is 1300. The molecule has 0 spiro atoms. The molecule has 4 heteroatoms. The number of hydrogen-bond donors (Lipinski definition) is 2. The van der Waals surface area contributed by atoms with Gasteiger partial charge in [0, 0.05) is 5.56 Å². The molecule has 3 aromatic rings. The highest BCUT2D eigenvalue weighted by atomic mass is 31.2. The third kappa shape index (κ3) is 5.95. The van der Waals surface area contributed by atoms with Crippen molar-refractivity contribution in [1.82, 2.24) is 0 Å². The van der Waals surface area contributed by atoms with Crippen LogP contribution in [0.25, 0.3) is 22.3 Å². The van der Waals surface area contributed by atoms with E-state index < -0.39 is 8.60 Å². The van der Waals surface area contributed by atoms with E-state index in [4.69, 9.17) is 4.52 Å². The fourth-order valence-electron chi connectivity index (χ4n) is 6.22. The van der Waals surface area contributed by atoms with E-state index in [0.29, 0.717) is 5.75 Å².